The third-order valence-corrected chi connectivity index (χ3v) is 5.56. The number of benzene rings is 1. The zero-order valence-electron chi connectivity index (χ0n) is 14.9. The van der Waals surface area contributed by atoms with Gasteiger partial charge in [0.05, 0.1) is 17.9 Å². The second kappa shape index (κ2) is 8.88. The molecule has 2 atom stereocenters. The van der Waals surface area contributed by atoms with E-state index in [0.29, 0.717) is 18.1 Å². The Morgan fingerprint density at radius 2 is 2.19 bits per heavy atom. The first-order valence-corrected chi connectivity index (χ1v) is 10.1. The summed E-state index contributed by atoms with van der Waals surface area (Å²) < 4.78 is 7.85. The van der Waals surface area contributed by atoms with E-state index in [1.165, 1.54) is 11.8 Å². The topological polar surface area (TPSA) is 69.0 Å². The standard InChI is InChI=1S/C18H23ClN4O2S/c1-3-20-17(24)12(2)26-18-22-21-16(13-6-8-14(19)9-7-13)23(18)11-15-5-4-10-25-15/h6-9,12,15H,3-5,10-11H2,1-2H3,(H,20,24)/t12-,15-/m1/s1. The Kier molecular flexibility index (Phi) is 6.56. The predicted octanol–water partition coefficient (Wildman–Crippen LogP) is 3.39. The number of carbonyl (C=O) groups excluding carboxylic acids is 1. The van der Waals surface area contributed by atoms with Crippen LogP contribution in [0, 0.1) is 0 Å². The summed E-state index contributed by atoms with van der Waals surface area (Å²) in [4.78, 5) is 12.1. The molecule has 3 rings (SSSR count). The fraction of sp³-hybridized carbons (Fsp3) is 0.500. The van der Waals surface area contributed by atoms with Crippen LogP contribution < -0.4 is 5.32 Å². The normalized spacial score (nSPS) is 18.0. The Bertz CT molecular complexity index is 744. The molecule has 0 aliphatic carbocycles. The summed E-state index contributed by atoms with van der Waals surface area (Å²) in [7, 11) is 0. The Balaban J connectivity index is 1.88. The zero-order valence-corrected chi connectivity index (χ0v) is 16.5. The second-order valence-corrected chi connectivity index (χ2v) is 7.96. The van der Waals surface area contributed by atoms with Crippen molar-refractivity contribution in [2.45, 2.75) is 49.7 Å². The fourth-order valence-electron chi connectivity index (χ4n) is 2.87. The monoisotopic (exact) mass is 394 g/mol. The van der Waals surface area contributed by atoms with E-state index >= 15 is 0 Å². The predicted molar refractivity (Wildman–Crippen MR) is 103 cm³/mol. The lowest BCUT2D eigenvalue weighted by atomic mass is 10.2. The van der Waals surface area contributed by atoms with Crippen LogP contribution >= 0.6 is 23.4 Å². The van der Waals surface area contributed by atoms with Crippen LogP contribution in [0.2, 0.25) is 5.02 Å². The molecule has 2 aromatic rings. The van der Waals surface area contributed by atoms with Crippen molar-refractivity contribution in [3.05, 3.63) is 29.3 Å². The molecule has 0 saturated carbocycles. The van der Waals surface area contributed by atoms with Gasteiger partial charge in [0.1, 0.15) is 0 Å². The highest BCUT2D eigenvalue weighted by molar-refractivity contribution is 8.00. The highest BCUT2D eigenvalue weighted by Crippen LogP contribution is 2.29. The van der Waals surface area contributed by atoms with Crippen molar-refractivity contribution in [2.75, 3.05) is 13.2 Å². The molecule has 0 bridgehead atoms. The first-order valence-electron chi connectivity index (χ1n) is 8.83. The van der Waals surface area contributed by atoms with E-state index < -0.39 is 0 Å². The summed E-state index contributed by atoms with van der Waals surface area (Å²) in [6.45, 7) is 5.87. The first kappa shape index (κ1) is 19.2. The maximum atomic E-state index is 12.1. The van der Waals surface area contributed by atoms with Crippen LogP contribution in [0.25, 0.3) is 11.4 Å². The lowest BCUT2D eigenvalue weighted by Crippen LogP contribution is -2.30. The Morgan fingerprint density at radius 3 is 2.85 bits per heavy atom. The zero-order chi connectivity index (χ0) is 18.5. The first-order chi connectivity index (χ1) is 12.6. The molecule has 1 aliphatic rings. The van der Waals surface area contributed by atoms with Gasteiger partial charge in [0.15, 0.2) is 11.0 Å². The van der Waals surface area contributed by atoms with Gasteiger partial charge in [-0.25, -0.2) is 0 Å². The summed E-state index contributed by atoms with van der Waals surface area (Å²) in [6.07, 6.45) is 2.24. The molecule has 1 amide bonds. The van der Waals surface area contributed by atoms with Gasteiger partial charge in [-0.15, -0.1) is 10.2 Å². The van der Waals surface area contributed by atoms with Crippen LogP contribution in [0.1, 0.15) is 26.7 Å². The summed E-state index contributed by atoms with van der Waals surface area (Å²) in [5, 5.41) is 12.7. The van der Waals surface area contributed by atoms with Gasteiger partial charge in [0.25, 0.3) is 0 Å². The minimum Gasteiger partial charge on any atom is -0.376 e. The summed E-state index contributed by atoms with van der Waals surface area (Å²) in [6, 6.07) is 7.54. The largest absolute Gasteiger partial charge is 0.376 e. The molecule has 140 valence electrons. The van der Waals surface area contributed by atoms with E-state index in [-0.39, 0.29) is 17.3 Å². The average Bonchev–Trinajstić information content (AvgIpc) is 3.27. The van der Waals surface area contributed by atoms with Crippen molar-refractivity contribution in [3.63, 3.8) is 0 Å². The number of hydrogen-bond donors (Lipinski definition) is 1. The van der Waals surface area contributed by atoms with Crippen LogP contribution in [0.5, 0.6) is 0 Å². The van der Waals surface area contributed by atoms with Gasteiger partial charge in [-0.2, -0.15) is 0 Å². The molecular formula is C18H23ClN4O2S. The lowest BCUT2D eigenvalue weighted by molar-refractivity contribution is -0.120. The van der Waals surface area contributed by atoms with Crippen molar-refractivity contribution >= 4 is 29.3 Å². The third-order valence-electron chi connectivity index (χ3n) is 4.23. The average molecular weight is 395 g/mol. The molecule has 26 heavy (non-hydrogen) atoms. The number of carbonyl (C=O) groups is 1. The molecule has 2 heterocycles. The quantitative estimate of drug-likeness (QED) is 0.729. The number of ether oxygens (including phenoxy) is 1. The van der Waals surface area contributed by atoms with E-state index in [4.69, 9.17) is 16.3 Å². The number of hydrogen-bond acceptors (Lipinski definition) is 5. The van der Waals surface area contributed by atoms with Crippen molar-refractivity contribution in [1.29, 1.82) is 0 Å². The van der Waals surface area contributed by atoms with Crippen molar-refractivity contribution in [1.82, 2.24) is 20.1 Å². The molecule has 6 nitrogen and oxygen atoms in total. The molecule has 1 N–H and O–H groups in total. The smallest absolute Gasteiger partial charge is 0.233 e. The molecule has 1 aromatic carbocycles. The number of amides is 1. The highest BCUT2D eigenvalue weighted by Gasteiger charge is 2.24. The molecule has 1 saturated heterocycles. The summed E-state index contributed by atoms with van der Waals surface area (Å²) >= 11 is 7.42. The Morgan fingerprint density at radius 1 is 1.42 bits per heavy atom. The van der Waals surface area contributed by atoms with Crippen LogP contribution in [0.15, 0.2) is 29.4 Å². The number of nitrogens with zero attached hydrogens (tertiary/aromatic N) is 3. The van der Waals surface area contributed by atoms with Gasteiger partial charge in [-0.1, -0.05) is 23.4 Å². The molecular weight excluding hydrogens is 372 g/mol. The molecule has 1 aliphatic heterocycles. The number of nitrogens with one attached hydrogen (secondary N) is 1. The van der Waals surface area contributed by atoms with Gasteiger partial charge in [-0.05, 0) is 51.0 Å². The van der Waals surface area contributed by atoms with Crippen LogP contribution in [0.4, 0.5) is 0 Å². The van der Waals surface area contributed by atoms with Crippen molar-refractivity contribution in [2.24, 2.45) is 0 Å². The van der Waals surface area contributed by atoms with E-state index in [0.717, 1.165) is 36.0 Å². The molecule has 8 heteroatoms. The minimum absolute atomic E-state index is 0.00258. The van der Waals surface area contributed by atoms with Gasteiger partial charge >= 0.3 is 0 Å². The molecule has 1 fully saturated rings. The summed E-state index contributed by atoms with van der Waals surface area (Å²) in [5.41, 5.74) is 0.942. The van der Waals surface area contributed by atoms with E-state index in [9.17, 15) is 4.79 Å². The van der Waals surface area contributed by atoms with E-state index in [2.05, 4.69) is 20.1 Å². The van der Waals surface area contributed by atoms with E-state index in [1.807, 2.05) is 38.1 Å². The Labute approximate surface area is 162 Å². The maximum absolute atomic E-state index is 12.1. The van der Waals surface area contributed by atoms with Crippen molar-refractivity contribution < 1.29 is 9.53 Å². The molecule has 0 spiro atoms. The van der Waals surface area contributed by atoms with Crippen molar-refractivity contribution in [3.8, 4) is 11.4 Å². The minimum atomic E-state index is -0.250. The number of aromatic nitrogens is 3. The van der Waals surface area contributed by atoms with Gasteiger partial charge in [0.2, 0.25) is 5.91 Å². The number of thioether (sulfide) groups is 1. The van der Waals surface area contributed by atoms with Gasteiger partial charge in [-0.3, -0.25) is 9.36 Å². The second-order valence-electron chi connectivity index (χ2n) is 6.21. The summed E-state index contributed by atoms with van der Waals surface area (Å²) in [5.74, 6) is 0.764. The third kappa shape index (κ3) is 4.58. The van der Waals surface area contributed by atoms with E-state index in [1.54, 1.807) is 0 Å². The number of rotatable bonds is 7. The van der Waals surface area contributed by atoms with Gasteiger partial charge in [0, 0.05) is 23.7 Å². The molecule has 1 aromatic heterocycles. The fourth-order valence-corrected chi connectivity index (χ4v) is 3.88. The van der Waals surface area contributed by atoms with Crippen LogP contribution in [-0.2, 0) is 16.1 Å². The SMILES string of the molecule is CCNC(=O)[C@@H](C)Sc1nnc(-c2ccc(Cl)cc2)n1C[C@H]1CCCO1. The molecule has 0 unspecified atom stereocenters. The molecule has 0 radical (unpaired) electrons. The highest BCUT2D eigenvalue weighted by atomic mass is 35.5. The number of halogens is 1. The van der Waals surface area contributed by atoms with Crippen LogP contribution in [0.3, 0.4) is 0 Å². The van der Waals surface area contributed by atoms with Crippen LogP contribution in [-0.4, -0.2) is 45.2 Å². The Hall–Kier alpha value is -1.57. The van der Waals surface area contributed by atoms with Gasteiger partial charge < -0.3 is 10.1 Å². The lowest BCUT2D eigenvalue weighted by Gasteiger charge is -2.16. The maximum Gasteiger partial charge on any atom is 0.233 e.